The Bertz CT molecular complexity index is 692. The molecule has 0 spiro atoms. The summed E-state index contributed by atoms with van der Waals surface area (Å²) in [5, 5.41) is 9.44. The number of carbonyl (C=O) groups excluding carboxylic acids is 2. The number of hydrogen-bond acceptors (Lipinski definition) is 6. The number of likely N-dealkylation sites (N-methyl/N-ethyl adjacent to an activating group) is 1. The highest BCUT2D eigenvalue weighted by molar-refractivity contribution is 5.72. The predicted molar refractivity (Wildman–Crippen MR) is 174 cm³/mol. The second kappa shape index (κ2) is 27.8. The van der Waals surface area contributed by atoms with Gasteiger partial charge in [-0.2, -0.15) is 0 Å². The van der Waals surface area contributed by atoms with E-state index in [2.05, 4.69) is 6.92 Å². The quantitative estimate of drug-likeness (QED) is 0.0477. The molecular weight excluding hydrogens is 546 g/mol. The topological polar surface area (TPSA) is 99.1 Å². The Morgan fingerprint density at radius 3 is 1.44 bits per heavy atom. The molecule has 43 heavy (non-hydrogen) atoms. The van der Waals surface area contributed by atoms with Crippen LogP contribution < -0.4 is 0 Å². The van der Waals surface area contributed by atoms with Gasteiger partial charge in [0.05, 0.1) is 34.4 Å². The van der Waals surface area contributed by atoms with E-state index in [1.54, 1.807) is 0 Å². The van der Waals surface area contributed by atoms with Crippen molar-refractivity contribution in [1.82, 2.24) is 0 Å². The van der Waals surface area contributed by atoms with Gasteiger partial charge >= 0.3 is 17.9 Å². The molecule has 2 atom stereocenters. The van der Waals surface area contributed by atoms with E-state index in [1.807, 2.05) is 21.1 Å². The van der Waals surface area contributed by atoms with Crippen molar-refractivity contribution < 1.29 is 38.2 Å². The van der Waals surface area contributed by atoms with Crippen molar-refractivity contribution >= 4 is 17.9 Å². The summed E-state index contributed by atoms with van der Waals surface area (Å²) in [6, 6.07) is -0.603. The molecule has 0 aliphatic heterocycles. The number of esters is 2. The Morgan fingerprint density at radius 2 is 1.07 bits per heavy atom. The smallest absolute Gasteiger partial charge is 0.362 e. The molecule has 8 nitrogen and oxygen atoms in total. The summed E-state index contributed by atoms with van der Waals surface area (Å²) in [7, 11) is 5.47. The van der Waals surface area contributed by atoms with Crippen LogP contribution in [0.15, 0.2) is 0 Å². The Morgan fingerprint density at radius 1 is 0.651 bits per heavy atom. The zero-order valence-corrected chi connectivity index (χ0v) is 28.7. The third-order valence-corrected chi connectivity index (χ3v) is 8.06. The minimum Gasteiger partial charge on any atom is -0.477 e. The highest BCUT2D eigenvalue weighted by atomic mass is 16.6. The van der Waals surface area contributed by atoms with Gasteiger partial charge in [-0.3, -0.25) is 9.59 Å². The van der Waals surface area contributed by atoms with Crippen molar-refractivity contribution in [2.24, 2.45) is 0 Å². The summed E-state index contributed by atoms with van der Waals surface area (Å²) in [6.45, 7) is 3.77. The lowest BCUT2D eigenvalue weighted by molar-refractivity contribution is -0.887. The fourth-order valence-corrected chi connectivity index (χ4v) is 5.35. The highest BCUT2D eigenvalue weighted by Crippen LogP contribution is 2.15. The molecule has 0 aliphatic carbocycles. The fourth-order valence-electron chi connectivity index (χ4n) is 5.35. The maximum atomic E-state index is 12.4. The van der Waals surface area contributed by atoms with E-state index in [0.717, 1.165) is 19.3 Å². The Kier molecular flexibility index (Phi) is 26.8. The molecule has 1 N–H and O–H groups in total. The molecule has 0 saturated carbocycles. The zero-order valence-electron chi connectivity index (χ0n) is 28.7. The molecule has 0 heterocycles. The van der Waals surface area contributed by atoms with Gasteiger partial charge in [-0.05, 0) is 6.42 Å². The summed E-state index contributed by atoms with van der Waals surface area (Å²) in [5.74, 6) is -1.65. The number of unbranched alkanes of at least 4 members (excludes halogenated alkanes) is 19. The first-order valence-corrected chi connectivity index (χ1v) is 17.5. The van der Waals surface area contributed by atoms with E-state index in [-0.39, 0.29) is 30.3 Å². The van der Waals surface area contributed by atoms with Crippen molar-refractivity contribution in [3.63, 3.8) is 0 Å². The molecule has 0 aromatic heterocycles. The van der Waals surface area contributed by atoms with Gasteiger partial charge in [0.25, 0.3) is 0 Å². The first kappa shape index (κ1) is 41.3. The largest absolute Gasteiger partial charge is 0.477 e. The van der Waals surface area contributed by atoms with Crippen molar-refractivity contribution in [3.8, 4) is 0 Å². The number of nitrogens with zero attached hydrogens (tertiary/aromatic N) is 1. The summed E-state index contributed by atoms with van der Waals surface area (Å²) in [5.41, 5.74) is 0. The SMILES string of the molecule is CCCCCCCCCCCCCCCCCCCCCCC(=O)OC(COCCC(C(=O)O)[N+](C)(C)C)COC(C)=O. The second-order valence-electron chi connectivity index (χ2n) is 13.2. The predicted octanol–water partition coefficient (Wildman–Crippen LogP) is 8.24. The van der Waals surface area contributed by atoms with Crippen molar-refractivity contribution in [2.45, 2.75) is 167 Å². The number of carboxylic acids is 1. The number of ether oxygens (including phenoxy) is 3. The van der Waals surface area contributed by atoms with E-state index in [9.17, 15) is 19.5 Å². The van der Waals surface area contributed by atoms with Crippen molar-refractivity contribution in [2.75, 3.05) is 41.0 Å². The number of quaternary nitrogens is 1. The standard InChI is InChI=1S/C35H67NO7/c1-6-7-8-9-10-11-12-13-14-15-16-17-18-19-20-21-22-23-24-25-26-34(38)43-32(30-42-31(2)37)29-41-28-27-33(35(39)40)36(3,4)5/h32-33H,6-30H2,1-5H3/p+1. The van der Waals surface area contributed by atoms with Crippen LogP contribution in [0, 0.1) is 0 Å². The van der Waals surface area contributed by atoms with Crippen LogP contribution in [-0.4, -0.2) is 80.6 Å². The van der Waals surface area contributed by atoms with Crippen molar-refractivity contribution in [3.05, 3.63) is 0 Å². The third kappa shape index (κ3) is 27.6. The zero-order chi connectivity index (χ0) is 32.2. The number of carbonyl (C=O) groups is 3. The van der Waals surface area contributed by atoms with E-state index in [4.69, 9.17) is 14.2 Å². The Labute approximate surface area is 264 Å². The maximum absolute atomic E-state index is 12.4. The fraction of sp³-hybridized carbons (Fsp3) is 0.914. The van der Waals surface area contributed by atoms with Crippen LogP contribution >= 0.6 is 0 Å². The summed E-state index contributed by atoms with van der Waals surface area (Å²) in [4.78, 5) is 35.1. The molecule has 0 saturated heterocycles. The lowest BCUT2D eigenvalue weighted by atomic mass is 10.0. The van der Waals surface area contributed by atoms with Crippen LogP contribution in [0.25, 0.3) is 0 Å². The lowest BCUT2D eigenvalue weighted by Gasteiger charge is -2.31. The van der Waals surface area contributed by atoms with Crippen LogP contribution in [0.2, 0.25) is 0 Å². The summed E-state index contributed by atoms with van der Waals surface area (Å²) >= 11 is 0. The maximum Gasteiger partial charge on any atom is 0.362 e. The van der Waals surface area contributed by atoms with Crippen LogP contribution in [0.5, 0.6) is 0 Å². The van der Waals surface area contributed by atoms with Gasteiger partial charge in [-0.1, -0.05) is 129 Å². The van der Waals surface area contributed by atoms with Crippen LogP contribution in [0.1, 0.15) is 155 Å². The van der Waals surface area contributed by atoms with Crippen LogP contribution in [-0.2, 0) is 28.6 Å². The lowest BCUT2D eigenvalue weighted by Crippen LogP contribution is -2.50. The molecule has 0 fully saturated rings. The van der Waals surface area contributed by atoms with Gasteiger partial charge in [0.2, 0.25) is 0 Å². The monoisotopic (exact) mass is 614 g/mol. The number of carboxylic acid groups (broad SMARTS) is 1. The third-order valence-electron chi connectivity index (χ3n) is 8.06. The Balaban J connectivity index is 3.79. The first-order chi connectivity index (χ1) is 20.6. The molecule has 254 valence electrons. The summed E-state index contributed by atoms with van der Waals surface area (Å²) < 4.78 is 16.4. The van der Waals surface area contributed by atoms with E-state index in [1.165, 1.54) is 116 Å². The van der Waals surface area contributed by atoms with Gasteiger partial charge < -0.3 is 23.8 Å². The summed E-state index contributed by atoms with van der Waals surface area (Å²) in [6.07, 6.45) is 26.2. The first-order valence-electron chi connectivity index (χ1n) is 17.5. The van der Waals surface area contributed by atoms with Crippen molar-refractivity contribution in [1.29, 1.82) is 0 Å². The molecule has 0 aromatic carbocycles. The number of rotatable bonds is 31. The molecule has 2 unspecified atom stereocenters. The minimum absolute atomic E-state index is 0.0573. The van der Waals surface area contributed by atoms with Crippen LogP contribution in [0.3, 0.4) is 0 Å². The number of hydrogen-bond donors (Lipinski definition) is 1. The molecule has 0 rings (SSSR count). The molecular formula is C35H68NO7+. The molecule has 0 aromatic rings. The molecule has 0 bridgehead atoms. The van der Waals surface area contributed by atoms with E-state index in [0.29, 0.717) is 12.8 Å². The molecule has 0 amide bonds. The number of aliphatic carboxylic acids is 1. The van der Waals surface area contributed by atoms with Gasteiger partial charge in [0, 0.05) is 19.8 Å². The van der Waals surface area contributed by atoms with Gasteiger partial charge in [-0.15, -0.1) is 0 Å². The molecule has 0 aliphatic rings. The normalized spacial score (nSPS) is 13.0. The van der Waals surface area contributed by atoms with E-state index < -0.39 is 24.1 Å². The highest BCUT2D eigenvalue weighted by Gasteiger charge is 2.31. The Hall–Kier alpha value is -1.67. The van der Waals surface area contributed by atoms with Gasteiger partial charge in [-0.25, -0.2) is 4.79 Å². The second-order valence-corrected chi connectivity index (χ2v) is 13.2. The average Bonchev–Trinajstić information content (AvgIpc) is 2.93. The average molecular weight is 615 g/mol. The minimum atomic E-state index is -0.881. The van der Waals surface area contributed by atoms with Gasteiger partial charge in [0.15, 0.2) is 12.1 Å². The van der Waals surface area contributed by atoms with E-state index >= 15 is 0 Å². The van der Waals surface area contributed by atoms with Crippen LogP contribution in [0.4, 0.5) is 0 Å². The molecule has 8 heteroatoms. The molecule has 0 radical (unpaired) electrons. The van der Waals surface area contributed by atoms with Gasteiger partial charge in [0.1, 0.15) is 6.61 Å².